The van der Waals surface area contributed by atoms with Gasteiger partial charge in [-0.15, -0.1) is 22.7 Å². The van der Waals surface area contributed by atoms with Crippen molar-refractivity contribution in [2.45, 2.75) is 0 Å². The van der Waals surface area contributed by atoms with Gasteiger partial charge in [-0.3, -0.25) is 4.40 Å². The number of hydrogen-bond donors (Lipinski definition) is 0. The van der Waals surface area contributed by atoms with Crippen molar-refractivity contribution in [2.75, 3.05) is 0 Å². The zero-order chi connectivity index (χ0) is 41.2. The molecule has 0 saturated carbocycles. The Kier molecular flexibility index (Phi) is 7.47. The van der Waals surface area contributed by atoms with Crippen molar-refractivity contribution >= 4 is 112 Å². The van der Waals surface area contributed by atoms with E-state index in [2.05, 4.69) is 211 Å². The molecule has 0 aliphatic heterocycles. The molecule has 4 heteroatoms. The Morgan fingerprint density at radius 3 is 1.63 bits per heavy atom. The Labute approximate surface area is 370 Å². The first-order chi connectivity index (χ1) is 31.2. The van der Waals surface area contributed by atoms with E-state index in [-0.39, 0.29) is 0 Å². The quantitative estimate of drug-likeness (QED) is 0.173. The van der Waals surface area contributed by atoms with Gasteiger partial charge in [-0.1, -0.05) is 182 Å². The SMILES string of the molecule is c1ccc2c(c1)ccc1c2nc2c3sc4ccc5ccccc5c4c3cc(-c3ccc(-c4ccc(-c5ccc(-c6cccc7c6sc6ccccc67)cc5)c5ccccc45)cc3)n12. The third kappa shape index (κ3) is 5.20. The van der Waals surface area contributed by atoms with Crippen LogP contribution >= 0.6 is 22.7 Å². The molecular weight excluding hydrogens is 801 g/mol. The van der Waals surface area contributed by atoms with Crippen molar-refractivity contribution in [1.29, 1.82) is 0 Å². The highest BCUT2D eigenvalue weighted by Gasteiger charge is 2.20. The molecule has 14 aromatic rings. The largest absolute Gasteiger partial charge is 0.291 e. The van der Waals surface area contributed by atoms with Gasteiger partial charge >= 0.3 is 0 Å². The first-order valence-corrected chi connectivity index (χ1v) is 23.1. The van der Waals surface area contributed by atoms with Gasteiger partial charge in [0, 0.05) is 41.0 Å². The molecule has 292 valence electrons. The zero-order valence-electron chi connectivity index (χ0n) is 33.8. The van der Waals surface area contributed by atoms with E-state index in [0.29, 0.717) is 0 Å². The molecule has 63 heavy (non-hydrogen) atoms. The van der Waals surface area contributed by atoms with Gasteiger partial charge in [-0.2, -0.15) is 0 Å². The van der Waals surface area contributed by atoms with Gasteiger partial charge < -0.3 is 0 Å². The van der Waals surface area contributed by atoms with Crippen molar-refractivity contribution in [2.24, 2.45) is 0 Å². The molecule has 0 fully saturated rings. The lowest BCUT2D eigenvalue weighted by Gasteiger charge is -2.14. The Hall–Kier alpha value is -7.63. The number of hydrogen-bond acceptors (Lipinski definition) is 3. The summed E-state index contributed by atoms with van der Waals surface area (Å²) in [5, 5.41) is 12.6. The smallest absolute Gasteiger partial charge is 0.156 e. The Morgan fingerprint density at radius 1 is 0.349 bits per heavy atom. The van der Waals surface area contributed by atoms with Crippen molar-refractivity contribution in [3.63, 3.8) is 0 Å². The molecule has 14 rings (SSSR count). The van der Waals surface area contributed by atoms with E-state index in [1.807, 2.05) is 22.7 Å². The molecule has 0 aliphatic carbocycles. The molecule has 0 radical (unpaired) electrons. The summed E-state index contributed by atoms with van der Waals surface area (Å²) in [4.78, 5) is 5.48. The number of benzene rings is 10. The predicted molar refractivity (Wildman–Crippen MR) is 273 cm³/mol. The predicted octanol–water partition coefficient (Wildman–Crippen LogP) is 17.4. The maximum Gasteiger partial charge on any atom is 0.156 e. The number of aromatic nitrogens is 2. The highest BCUT2D eigenvalue weighted by Crippen LogP contribution is 2.45. The summed E-state index contributed by atoms with van der Waals surface area (Å²) in [5.41, 5.74) is 12.9. The van der Waals surface area contributed by atoms with E-state index in [0.717, 1.165) is 27.9 Å². The fraction of sp³-hybridized carbons (Fsp3) is 0. The van der Waals surface area contributed by atoms with Crippen molar-refractivity contribution in [3.05, 3.63) is 206 Å². The Bertz CT molecular complexity index is 4190. The van der Waals surface area contributed by atoms with E-state index < -0.39 is 0 Å². The number of imidazole rings is 1. The fourth-order valence-electron chi connectivity index (χ4n) is 10.2. The lowest BCUT2D eigenvalue weighted by molar-refractivity contribution is 1.25. The molecule has 0 amide bonds. The van der Waals surface area contributed by atoms with Crippen LogP contribution in [-0.2, 0) is 0 Å². The van der Waals surface area contributed by atoms with Gasteiger partial charge in [0.1, 0.15) is 0 Å². The first kappa shape index (κ1) is 35.0. The third-order valence-corrected chi connectivity index (χ3v) is 15.6. The van der Waals surface area contributed by atoms with E-state index in [1.165, 1.54) is 106 Å². The molecule has 2 nitrogen and oxygen atoms in total. The van der Waals surface area contributed by atoms with Crippen LogP contribution in [0.25, 0.3) is 134 Å². The van der Waals surface area contributed by atoms with Crippen LogP contribution < -0.4 is 0 Å². The summed E-state index contributed by atoms with van der Waals surface area (Å²) >= 11 is 3.73. The summed E-state index contributed by atoms with van der Waals surface area (Å²) in [7, 11) is 0. The lowest BCUT2D eigenvalue weighted by atomic mass is 9.91. The number of nitrogens with zero attached hydrogens (tertiary/aromatic N) is 2. The summed E-state index contributed by atoms with van der Waals surface area (Å²) in [5.74, 6) is 0. The van der Waals surface area contributed by atoms with Gasteiger partial charge in [-0.25, -0.2) is 4.98 Å². The molecule has 0 unspecified atom stereocenters. The number of rotatable bonds is 4. The fourth-order valence-corrected chi connectivity index (χ4v) is 12.7. The van der Waals surface area contributed by atoms with Gasteiger partial charge in [0.2, 0.25) is 0 Å². The minimum absolute atomic E-state index is 1.01. The molecule has 0 spiro atoms. The normalized spacial score (nSPS) is 12.1. The minimum Gasteiger partial charge on any atom is -0.291 e. The van der Waals surface area contributed by atoms with Gasteiger partial charge in [0.15, 0.2) is 5.65 Å². The summed E-state index contributed by atoms with van der Waals surface area (Å²) in [6.45, 7) is 0. The van der Waals surface area contributed by atoms with Crippen LogP contribution in [0.15, 0.2) is 206 Å². The molecule has 10 aromatic carbocycles. The van der Waals surface area contributed by atoms with E-state index in [4.69, 9.17) is 4.98 Å². The van der Waals surface area contributed by atoms with Gasteiger partial charge in [0.25, 0.3) is 0 Å². The molecule has 0 atom stereocenters. The molecule has 4 heterocycles. The third-order valence-electron chi connectivity index (χ3n) is 13.2. The van der Waals surface area contributed by atoms with Crippen LogP contribution in [0.5, 0.6) is 0 Å². The highest BCUT2D eigenvalue weighted by atomic mass is 32.1. The zero-order valence-corrected chi connectivity index (χ0v) is 35.5. The lowest BCUT2D eigenvalue weighted by Crippen LogP contribution is -1.93. The first-order valence-electron chi connectivity index (χ1n) is 21.4. The number of fused-ring (bicyclic) bond motifs is 15. The minimum atomic E-state index is 1.01. The van der Waals surface area contributed by atoms with Crippen molar-refractivity contribution in [1.82, 2.24) is 9.38 Å². The van der Waals surface area contributed by atoms with Crippen LogP contribution in [0.1, 0.15) is 0 Å². The molecule has 0 aliphatic rings. The van der Waals surface area contributed by atoms with E-state index in [1.54, 1.807) is 0 Å². The molecule has 0 saturated heterocycles. The van der Waals surface area contributed by atoms with E-state index in [9.17, 15) is 0 Å². The Balaban J connectivity index is 0.894. The number of thiophene rings is 2. The van der Waals surface area contributed by atoms with Gasteiger partial charge in [0.05, 0.1) is 21.4 Å². The summed E-state index contributed by atoms with van der Waals surface area (Å²) in [6.07, 6.45) is 0. The summed E-state index contributed by atoms with van der Waals surface area (Å²) in [6, 6.07) is 76.0. The highest BCUT2D eigenvalue weighted by molar-refractivity contribution is 7.27. The molecule has 4 aromatic heterocycles. The van der Waals surface area contributed by atoms with Gasteiger partial charge in [-0.05, 0) is 90.1 Å². The van der Waals surface area contributed by atoms with Crippen LogP contribution in [0, 0.1) is 0 Å². The van der Waals surface area contributed by atoms with Crippen LogP contribution in [-0.4, -0.2) is 9.38 Å². The monoisotopic (exact) mass is 834 g/mol. The maximum atomic E-state index is 5.48. The molecule has 0 N–H and O–H groups in total. The summed E-state index contributed by atoms with van der Waals surface area (Å²) < 4.78 is 7.58. The topological polar surface area (TPSA) is 17.3 Å². The Morgan fingerprint density at radius 2 is 0.905 bits per heavy atom. The number of pyridine rings is 1. The van der Waals surface area contributed by atoms with Crippen molar-refractivity contribution in [3.8, 4) is 44.6 Å². The molecular formula is C59H34N2S2. The average Bonchev–Trinajstić information content (AvgIpc) is 4.06. The van der Waals surface area contributed by atoms with Crippen LogP contribution in [0.3, 0.4) is 0 Å². The van der Waals surface area contributed by atoms with Crippen LogP contribution in [0.4, 0.5) is 0 Å². The second-order valence-corrected chi connectivity index (χ2v) is 18.7. The van der Waals surface area contributed by atoms with E-state index >= 15 is 0 Å². The average molecular weight is 835 g/mol. The molecule has 0 bridgehead atoms. The standard InChI is InChI=1S/C59H34N2S2/c1-3-12-43-35(10-1)29-33-54-55(43)50-34-52(61-51-32-28-36-11-2-4-13-44(36)56(51)60-59(61)58(50)63-54)40-26-24-38(25-27-40)42-31-30-41(46-14-5-6-15-47(42)46)37-20-22-39(23-21-37)45-17-9-18-49-48-16-7-8-19-53(48)62-57(45)49/h1-34H. The second-order valence-electron chi connectivity index (χ2n) is 16.6. The maximum absolute atomic E-state index is 5.48. The van der Waals surface area contributed by atoms with Crippen molar-refractivity contribution < 1.29 is 0 Å². The van der Waals surface area contributed by atoms with Crippen LogP contribution in [0.2, 0.25) is 0 Å². The second kappa shape index (κ2) is 13.4.